The summed E-state index contributed by atoms with van der Waals surface area (Å²) in [4.78, 5) is 12.8. The van der Waals surface area contributed by atoms with Crippen LogP contribution in [0.2, 0.25) is 15.1 Å². The van der Waals surface area contributed by atoms with Gasteiger partial charge in [-0.3, -0.25) is 9.10 Å². The highest BCUT2D eigenvalue weighted by molar-refractivity contribution is 7.92. The molecular formula is C21H17Cl3N2O3S. The van der Waals surface area contributed by atoms with Crippen LogP contribution in [0.1, 0.15) is 5.56 Å². The Morgan fingerprint density at radius 1 is 0.933 bits per heavy atom. The average molecular weight is 484 g/mol. The summed E-state index contributed by atoms with van der Waals surface area (Å²) in [6, 6.07) is 17.3. The molecule has 0 aliphatic heterocycles. The number of carbonyl (C=O) groups excluding carboxylic acids is 1. The van der Waals surface area contributed by atoms with Crippen LogP contribution in [0, 0.1) is 6.92 Å². The number of hydrogen-bond acceptors (Lipinski definition) is 3. The number of aryl methyl sites for hydroxylation is 1. The molecule has 0 aliphatic rings. The second-order valence-corrected chi connectivity index (χ2v) is 9.62. The summed E-state index contributed by atoms with van der Waals surface area (Å²) in [5.74, 6) is -0.588. The molecule has 5 nitrogen and oxygen atoms in total. The van der Waals surface area contributed by atoms with Crippen molar-refractivity contribution in [2.24, 2.45) is 0 Å². The molecule has 9 heteroatoms. The molecule has 3 rings (SSSR count). The largest absolute Gasteiger partial charge is 0.323 e. The number of benzene rings is 3. The van der Waals surface area contributed by atoms with E-state index in [0.717, 1.165) is 9.87 Å². The zero-order chi connectivity index (χ0) is 21.9. The van der Waals surface area contributed by atoms with Gasteiger partial charge in [0.05, 0.1) is 21.3 Å². The van der Waals surface area contributed by atoms with Crippen LogP contribution >= 0.6 is 34.8 Å². The highest BCUT2D eigenvalue weighted by Gasteiger charge is 2.27. The van der Waals surface area contributed by atoms with Crippen molar-refractivity contribution in [2.75, 3.05) is 16.2 Å². The lowest BCUT2D eigenvalue weighted by molar-refractivity contribution is -0.114. The molecular weight excluding hydrogens is 467 g/mol. The summed E-state index contributed by atoms with van der Waals surface area (Å²) in [5, 5.41) is 3.61. The van der Waals surface area contributed by atoms with E-state index in [4.69, 9.17) is 34.8 Å². The molecule has 0 saturated heterocycles. The molecule has 30 heavy (non-hydrogen) atoms. The molecule has 0 heterocycles. The van der Waals surface area contributed by atoms with E-state index in [-0.39, 0.29) is 21.3 Å². The Morgan fingerprint density at radius 2 is 1.60 bits per heavy atom. The fourth-order valence-corrected chi connectivity index (χ4v) is 4.63. The van der Waals surface area contributed by atoms with Gasteiger partial charge in [0.25, 0.3) is 10.0 Å². The minimum atomic E-state index is -4.04. The number of hydrogen-bond donors (Lipinski definition) is 1. The van der Waals surface area contributed by atoms with Crippen LogP contribution in [-0.4, -0.2) is 20.9 Å². The molecule has 0 saturated carbocycles. The summed E-state index contributed by atoms with van der Waals surface area (Å²) >= 11 is 18.1. The van der Waals surface area contributed by atoms with Crippen LogP contribution in [0.3, 0.4) is 0 Å². The third-order valence-electron chi connectivity index (χ3n) is 4.19. The molecule has 3 aromatic carbocycles. The van der Waals surface area contributed by atoms with Gasteiger partial charge in [-0.05, 0) is 55.5 Å². The average Bonchev–Trinajstić information content (AvgIpc) is 2.69. The van der Waals surface area contributed by atoms with Gasteiger partial charge in [-0.25, -0.2) is 8.42 Å². The topological polar surface area (TPSA) is 66.5 Å². The van der Waals surface area contributed by atoms with E-state index in [9.17, 15) is 13.2 Å². The first-order chi connectivity index (χ1) is 14.2. The number of carbonyl (C=O) groups is 1. The van der Waals surface area contributed by atoms with Crippen molar-refractivity contribution in [3.05, 3.63) is 87.4 Å². The van der Waals surface area contributed by atoms with Crippen molar-refractivity contribution >= 4 is 62.1 Å². The van der Waals surface area contributed by atoms with Gasteiger partial charge in [0.2, 0.25) is 5.91 Å². The number of sulfonamides is 1. The van der Waals surface area contributed by atoms with Gasteiger partial charge >= 0.3 is 0 Å². The standard InChI is InChI=1S/C21H17Cl3N2O3S/c1-14-5-8-18(9-6-14)30(28,29)26(17-4-2-3-15(22)11-17)13-21(27)25-20-12-16(23)7-10-19(20)24/h2-12H,13H2,1H3,(H,25,27). The maximum absolute atomic E-state index is 13.3. The summed E-state index contributed by atoms with van der Waals surface area (Å²) in [6.45, 7) is 1.37. The van der Waals surface area contributed by atoms with Crippen molar-refractivity contribution < 1.29 is 13.2 Å². The predicted molar refractivity (Wildman–Crippen MR) is 122 cm³/mol. The minimum absolute atomic E-state index is 0.0571. The lowest BCUT2D eigenvalue weighted by atomic mass is 10.2. The first-order valence-electron chi connectivity index (χ1n) is 8.77. The predicted octanol–water partition coefficient (Wildman–Crippen LogP) is 5.79. The van der Waals surface area contributed by atoms with Crippen LogP contribution in [0.15, 0.2) is 71.6 Å². The summed E-state index contributed by atoms with van der Waals surface area (Å²) in [7, 11) is -4.04. The van der Waals surface area contributed by atoms with Crippen molar-refractivity contribution in [1.29, 1.82) is 0 Å². The first kappa shape index (κ1) is 22.4. The smallest absolute Gasteiger partial charge is 0.264 e. The molecule has 0 radical (unpaired) electrons. The van der Waals surface area contributed by atoms with Crippen LogP contribution in [0.5, 0.6) is 0 Å². The van der Waals surface area contributed by atoms with E-state index < -0.39 is 22.5 Å². The maximum Gasteiger partial charge on any atom is 0.264 e. The fourth-order valence-electron chi connectivity index (χ4n) is 2.70. The third-order valence-corrected chi connectivity index (χ3v) is 6.78. The van der Waals surface area contributed by atoms with E-state index in [1.54, 1.807) is 36.4 Å². The minimum Gasteiger partial charge on any atom is -0.323 e. The molecule has 0 fully saturated rings. The molecule has 3 aromatic rings. The monoisotopic (exact) mass is 482 g/mol. The van der Waals surface area contributed by atoms with Gasteiger partial charge in [0.15, 0.2) is 0 Å². The number of amides is 1. The Labute approximate surface area is 190 Å². The summed E-state index contributed by atoms with van der Waals surface area (Å²) in [5.41, 5.74) is 1.46. The van der Waals surface area contributed by atoms with Gasteiger partial charge in [-0.2, -0.15) is 0 Å². The van der Waals surface area contributed by atoms with Gasteiger partial charge in [0, 0.05) is 10.0 Å². The Bertz CT molecular complexity index is 1180. The maximum atomic E-state index is 13.3. The number of anilines is 2. The summed E-state index contributed by atoms with van der Waals surface area (Å²) < 4.78 is 27.6. The zero-order valence-electron chi connectivity index (χ0n) is 15.8. The Morgan fingerprint density at radius 3 is 2.27 bits per heavy atom. The molecule has 0 aliphatic carbocycles. The lowest BCUT2D eigenvalue weighted by Crippen LogP contribution is -2.38. The number of nitrogens with one attached hydrogen (secondary N) is 1. The van der Waals surface area contributed by atoms with Gasteiger partial charge in [0.1, 0.15) is 6.54 Å². The Balaban J connectivity index is 1.96. The summed E-state index contributed by atoms with van der Waals surface area (Å²) in [6.07, 6.45) is 0. The van der Waals surface area contributed by atoms with Crippen LogP contribution in [-0.2, 0) is 14.8 Å². The number of rotatable bonds is 6. The zero-order valence-corrected chi connectivity index (χ0v) is 18.9. The highest BCUT2D eigenvalue weighted by Crippen LogP contribution is 2.28. The second-order valence-electron chi connectivity index (χ2n) is 6.48. The first-order valence-corrected chi connectivity index (χ1v) is 11.3. The van der Waals surface area contributed by atoms with Crippen molar-refractivity contribution in [3.63, 3.8) is 0 Å². The number of nitrogens with zero attached hydrogens (tertiary/aromatic N) is 1. The molecule has 1 N–H and O–H groups in total. The van der Waals surface area contributed by atoms with Gasteiger partial charge < -0.3 is 5.32 Å². The Hall–Kier alpha value is -2.25. The molecule has 0 bridgehead atoms. The normalized spacial score (nSPS) is 11.2. The second kappa shape index (κ2) is 9.27. The van der Waals surface area contributed by atoms with E-state index in [1.807, 2.05) is 6.92 Å². The van der Waals surface area contributed by atoms with Crippen molar-refractivity contribution in [1.82, 2.24) is 0 Å². The van der Waals surface area contributed by atoms with Crippen LogP contribution < -0.4 is 9.62 Å². The van der Waals surface area contributed by atoms with Crippen molar-refractivity contribution in [2.45, 2.75) is 11.8 Å². The van der Waals surface area contributed by atoms with Crippen molar-refractivity contribution in [3.8, 4) is 0 Å². The van der Waals surface area contributed by atoms with E-state index in [2.05, 4.69) is 5.32 Å². The quantitative estimate of drug-likeness (QED) is 0.482. The molecule has 156 valence electrons. The van der Waals surface area contributed by atoms with Gasteiger partial charge in [-0.15, -0.1) is 0 Å². The van der Waals surface area contributed by atoms with Crippen LogP contribution in [0.4, 0.5) is 11.4 Å². The lowest BCUT2D eigenvalue weighted by Gasteiger charge is -2.24. The molecule has 0 aromatic heterocycles. The SMILES string of the molecule is Cc1ccc(S(=O)(=O)N(CC(=O)Nc2cc(Cl)ccc2Cl)c2cccc(Cl)c2)cc1. The molecule has 0 spiro atoms. The fraction of sp³-hybridized carbons (Fsp3) is 0.0952. The molecule has 1 amide bonds. The van der Waals surface area contributed by atoms with Gasteiger partial charge in [-0.1, -0.05) is 58.6 Å². The van der Waals surface area contributed by atoms with Crippen LogP contribution in [0.25, 0.3) is 0 Å². The molecule has 0 unspecified atom stereocenters. The molecule has 0 atom stereocenters. The number of halogens is 3. The highest BCUT2D eigenvalue weighted by atomic mass is 35.5. The van der Waals surface area contributed by atoms with E-state index in [1.165, 1.54) is 30.3 Å². The third kappa shape index (κ3) is 5.26. The Kier molecular flexibility index (Phi) is 6.93. The van der Waals surface area contributed by atoms with E-state index in [0.29, 0.717) is 10.0 Å². The van der Waals surface area contributed by atoms with E-state index >= 15 is 0 Å².